The molecule has 22 heavy (non-hydrogen) atoms. The molecule has 1 N–H and O–H groups in total. The van der Waals surface area contributed by atoms with Gasteiger partial charge in [-0.3, -0.25) is 0 Å². The highest BCUT2D eigenvalue weighted by molar-refractivity contribution is 5.36. The molecule has 1 heterocycles. The first-order valence-electron chi connectivity index (χ1n) is 6.72. The van der Waals surface area contributed by atoms with Crippen molar-refractivity contribution < 1.29 is 18.3 Å². The lowest BCUT2D eigenvalue weighted by molar-refractivity contribution is -0.144. The molecule has 118 valence electrons. The largest absolute Gasteiger partial charge is 0.451 e. The molecule has 2 rings (SSSR count). The van der Waals surface area contributed by atoms with E-state index in [9.17, 15) is 18.3 Å². The minimum Gasteiger partial charge on any atom is -0.388 e. The number of aliphatic hydroxyl groups is 1. The van der Waals surface area contributed by atoms with Crippen LogP contribution in [0.5, 0.6) is 0 Å². The Morgan fingerprint density at radius 3 is 2.50 bits per heavy atom. The first kappa shape index (κ1) is 16.2. The van der Waals surface area contributed by atoms with Crippen molar-refractivity contribution in [2.45, 2.75) is 18.7 Å². The zero-order valence-corrected chi connectivity index (χ0v) is 12.0. The van der Waals surface area contributed by atoms with Gasteiger partial charge in [-0.05, 0) is 18.1 Å². The van der Waals surface area contributed by atoms with Crippen molar-refractivity contribution >= 4 is 5.82 Å². The molecule has 1 atom stereocenters. The van der Waals surface area contributed by atoms with Crippen molar-refractivity contribution in [3.8, 4) is 0 Å². The zero-order valence-electron chi connectivity index (χ0n) is 12.0. The van der Waals surface area contributed by atoms with Gasteiger partial charge in [0.1, 0.15) is 5.82 Å². The van der Waals surface area contributed by atoms with E-state index in [1.807, 2.05) is 18.2 Å². The molecular formula is C15H16F3N3O. The van der Waals surface area contributed by atoms with Crippen LogP contribution in [0, 0.1) is 0 Å². The quantitative estimate of drug-likeness (QED) is 0.922. The molecule has 0 aliphatic carbocycles. The second kappa shape index (κ2) is 6.74. The summed E-state index contributed by atoms with van der Waals surface area (Å²) in [5.41, 5.74) is 0.773. The Balaban J connectivity index is 1.99. The van der Waals surface area contributed by atoms with Crippen molar-refractivity contribution in [3.05, 3.63) is 54.0 Å². The highest BCUT2D eigenvalue weighted by Crippen LogP contribution is 2.27. The predicted octanol–water partition coefficient (Wildman–Crippen LogP) is 3.06. The molecule has 0 unspecified atom stereocenters. The van der Waals surface area contributed by atoms with E-state index in [0.717, 1.165) is 11.8 Å². The van der Waals surface area contributed by atoms with Crippen LogP contribution in [0.4, 0.5) is 19.0 Å². The third-order valence-corrected chi connectivity index (χ3v) is 3.21. The molecule has 0 spiro atoms. The lowest BCUT2D eigenvalue weighted by atomic mass is 10.1. The van der Waals surface area contributed by atoms with Crippen LogP contribution in [0.2, 0.25) is 0 Å². The van der Waals surface area contributed by atoms with E-state index in [1.165, 1.54) is 6.07 Å². The molecule has 0 radical (unpaired) electrons. The third-order valence-electron chi connectivity index (χ3n) is 3.21. The number of hydrogen-bond acceptors (Lipinski definition) is 4. The molecule has 0 aliphatic rings. The number of nitrogens with zero attached hydrogens (tertiary/aromatic N) is 3. The van der Waals surface area contributed by atoms with Crippen molar-refractivity contribution in [2.24, 2.45) is 0 Å². The Kier molecular flexibility index (Phi) is 4.97. The predicted molar refractivity (Wildman–Crippen MR) is 76.3 cm³/mol. The van der Waals surface area contributed by atoms with Crippen LogP contribution in [-0.4, -0.2) is 28.7 Å². The Morgan fingerprint density at radius 1 is 1.18 bits per heavy atom. The molecule has 0 fully saturated rings. The van der Waals surface area contributed by atoms with Crippen molar-refractivity contribution in [1.29, 1.82) is 0 Å². The minimum atomic E-state index is -4.57. The molecule has 0 saturated carbocycles. The summed E-state index contributed by atoms with van der Waals surface area (Å²) in [5, 5.41) is 10.1. The van der Waals surface area contributed by atoms with Crippen molar-refractivity contribution in [1.82, 2.24) is 9.97 Å². The van der Waals surface area contributed by atoms with Gasteiger partial charge in [-0.2, -0.15) is 13.2 Å². The van der Waals surface area contributed by atoms with Gasteiger partial charge in [-0.15, -0.1) is 0 Å². The van der Waals surface area contributed by atoms with E-state index in [4.69, 9.17) is 0 Å². The SMILES string of the molecule is CN(CC[C@H](O)c1ccccc1)c1ccnc(C(F)(F)F)n1. The number of anilines is 1. The Labute approximate surface area is 126 Å². The second-order valence-corrected chi connectivity index (χ2v) is 4.87. The fourth-order valence-electron chi connectivity index (χ4n) is 1.97. The number of benzene rings is 1. The second-order valence-electron chi connectivity index (χ2n) is 4.87. The first-order chi connectivity index (χ1) is 10.4. The molecule has 2 aromatic rings. The maximum Gasteiger partial charge on any atom is 0.451 e. The van der Waals surface area contributed by atoms with Gasteiger partial charge >= 0.3 is 6.18 Å². The Bertz CT molecular complexity index is 604. The van der Waals surface area contributed by atoms with Gasteiger partial charge in [0.05, 0.1) is 6.10 Å². The lowest BCUT2D eigenvalue weighted by Crippen LogP contribution is -2.23. The topological polar surface area (TPSA) is 49.2 Å². The average molecular weight is 311 g/mol. The number of aromatic nitrogens is 2. The van der Waals surface area contributed by atoms with Gasteiger partial charge in [-0.25, -0.2) is 9.97 Å². The minimum absolute atomic E-state index is 0.169. The zero-order chi connectivity index (χ0) is 16.2. The number of halogens is 3. The Hall–Kier alpha value is -2.15. The maximum absolute atomic E-state index is 12.6. The van der Waals surface area contributed by atoms with Crippen molar-refractivity contribution in [3.63, 3.8) is 0 Å². The van der Waals surface area contributed by atoms with Crippen LogP contribution in [0.3, 0.4) is 0 Å². The normalized spacial score (nSPS) is 13.0. The summed E-state index contributed by atoms with van der Waals surface area (Å²) in [6.45, 7) is 0.365. The third kappa shape index (κ3) is 4.17. The monoisotopic (exact) mass is 311 g/mol. The lowest BCUT2D eigenvalue weighted by Gasteiger charge is -2.20. The van der Waals surface area contributed by atoms with Gasteiger partial charge in [0.15, 0.2) is 0 Å². The molecular weight excluding hydrogens is 295 g/mol. The van der Waals surface area contributed by atoms with Crippen LogP contribution in [0.25, 0.3) is 0 Å². The fourth-order valence-corrected chi connectivity index (χ4v) is 1.97. The van der Waals surface area contributed by atoms with E-state index >= 15 is 0 Å². The van der Waals surface area contributed by atoms with E-state index < -0.39 is 18.1 Å². The Morgan fingerprint density at radius 2 is 1.86 bits per heavy atom. The van der Waals surface area contributed by atoms with Gasteiger partial charge in [0.2, 0.25) is 5.82 Å². The van der Waals surface area contributed by atoms with E-state index in [1.54, 1.807) is 24.1 Å². The van der Waals surface area contributed by atoms with E-state index in [0.29, 0.717) is 13.0 Å². The number of alkyl halides is 3. The van der Waals surface area contributed by atoms with E-state index in [2.05, 4.69) is 9.97 Å². The number of aliphatic hydroxyl groups excluding tert-OH is 1. The van der Waals surface area contributed by atoms with Crippen LogP contribution in [-0.2, 0) is 6.18 Å². The standard InChI is InChI=1S/C15H16F3N3O/c1-21(10-8-12(22)11-5-3-2-4-6-11)13-7-9-19-14(20-13)15(16,17)18/h2-7,9,12,22H,8,10H2,1H3/t12-/m0/s1. The van der Waals surface area contributed by atoms with Crippen LogP contribution < -0.4 is 4.90 Å². The average Bonchev–Trinajstić information content (AvgIpc) is 2.52. The van der Waals surface area contributed by atoms with Crippen molar-refractivity contribution in [2.75, 3.05) is 18.5 Å². The van der Waals surface area contributed by atoms with Crippen LogP contribution >= 0.6 is 0 Å². The molecule has 1 aromatic carbocycles. The molecule has 0 bridgehead atoms. The molecule has 0 aliphatic heterocycles. The molecule has 0 amide bonds. The first-order valence-corrected chi connectivity index (χ1v) is 6.72. The summed E-state index contributed by atoms with van der Waals surface area (Å²) in [4.78, 5) is 8.29. The summed E-state index contributed by atoms with van der Waals surface area (Å²) < 4.78 is 37.7. The summed E-state index contributed by atoms with van der Waals surface area (Å²) in [7, 11) is 1.63. The summed E-state index contributed by atoms with van der Waals surface area (Å²) in [5.74, 6) is -0.997. The maximum atomic E-state index is 12.6. The summed E-state index contributed by atoms with van der Waals surface area (Å²) >= 11 is 0. The smallest absolute Gasteiger partial charge is 0.388 e. The molecule has 4 nitrogen and oxygen atoms in total. The number of hydrogen-bond donors (Lipinski definition) is 1. The highest BCUT2D eigenvalue weighted by atomic mass is 19.4. The fraction of sp³-hybridized carbons (Fsp3) is 0.333. The summed E-state index contributed by atoms with van der Waals surface area (Å²) in [6, 6.07) is 10.5. The summed E-state index contributed by atoms with van der Waals surface area (Å²) in [6.07, 6.45) is -3.78. The van der Waals surface area contributed by atoms with Crippen LogP contribution in [0.1, 0.15) is 23.9 Å². The highest BCUT2D eigenvalue weighted by Gasteiger charge is 2.34. The van der Waals surface area contributed by atoms with Gasteiger partial charge in [-0.1, -0.05) is 30.3 Å². The van der Waals surface area contributed by atoms with Gasteiger partial charge in [0, 0.05) is 19.8 Å². The molecule has 0 saturated heterocycles. The number of rotatable bonds is 5. The van der Waals surface area contributed by atoms with Gasteiger partial charge < -0.3 is 10.0 Å². The molecule has 1 aromatic heterocycles. The van der Waals surface area contributed by atoms with Gasteiger partial charge in [0.25, 0.3) is 0 Å². The molecule has 7 heteroatoms. The van der Waals surface area contributed by atoms with Crippen LogP contribution in [0.15, 0.2) is 42.6 Å². The van der Waals surface area contributed by atoms with E-state index in [-0.39, 0.29) is 5.82 Å².